The highest BCUT2D eigenvalue weighted by Crippen LogP contribution is 2.28. The van der Waals surface area contributed by atoms with Gasteiger partial charge in [-0.3, -0.25) is 9.69 Å². The first kappa shape index (κ1) is 16.0. The lowest BCUT2D eigenvalue weighted by Gasteiger charge is -2.35. The summed E-state index contributed by atoms with van der Waals surface area (Å²) in [6, 6.07) is 9.94. The second-order valence-corrected chi connectivity index (χ2v) is 6.82. The maximum Gasteiger partial charge on any atom is 0.222 e. The molecule has 122 valence electrons. The third-order valence-corrected chi connectivity index (χ3v) is 5.15. The Morgan fingerprint density at radius 3 is 2.35 bits per heavy atom. The van der Waals surface area contributed by atoms with Crippen LogP contribution in [0, 0.1) is 17.2 Å². The lowest BCUT2D eigenvalue weighted by Crippen LogP contribution is -2.48. The van der Waals surface area contributed by atoms with Gasteiger partial charge in [-0.05, 0) is 36.5 Å². The number of carbonyl (C=O) groups excluding carboxylic acids is 1. The van der Waals surface area contributed by atoms with Crippen LogP contribution >= 0.6 is 0 Å². The maximum absolute atomic E-state index is 12.4. The number of amides is 1. The molecule has 1 aliphatic carbocycles. The van der Waals surface area contributed by atoms with Crippen LogP contribution in [-0.4, -0.2) is 41.9 Å². The number of nitrogens with zero attached hydrogens (tertiary/aromatic N) is 3. The van der Waals surface area contributed by atoms with Crippen LogP contribution in [-0.2, 0) is 11.3 Å². The molecule has 1 heterocycles. The van der Waals surface area contributed by atoms with Crippen LogP contribution < -0.4 is 0 Å². The summed E-state index contributed by atoms with van der Waals surface area (Å²) in [5, 5.41) is 8.84. The van der Waals surface area contributed by atoms with E-state index in [1.165, 1.54) is 31.2 Å². The van der Waals surface area contributed by atoms with E-state index in [1.54, 1.807) is 0 Å². The molecule has 23 heavy (non-hydrogen) atoms. The fraction of sp³-hybridized carbons (Fsp3) is 0.579. The van der Waals surface area contributed by atoms with Crippen molar-refractivity contribution in [1.82, 2.24) is 9.80 Å². The van der Waals surface area contributed by atoms with E-state index in [2.05, 4.69) is 11.0 Å². The van der Waals surface area contributed by atoms with Gasteiger partial charge in [0.2, 0.25) is 5.91 Å². The van der Waals surface area contributed by atoms with E-state index in [4.69, 9.17) is 5.26 Å². The number of rotatable bonds is 4. The third kappa shape index (κ3) is 4.33. The minimum absolute atomic E-state index is 0.356. The molecule has 0 radical (unpaired) electrons. The zero-order valence-electron chi connectivity index (χ0n) is 13.7. The Bertz CT molecular complexity index is 561. The normalized spacial score (nSPS) is 19.7. The van der Waals surface area contributed by atoms with Crippen molar-refractivity contribution in [2.45, 2.75) is 38.6 Å². The fourth-order valence-electron chi connectivity index (χ4n) is 3.69. The quantitative estimate of drug-likeness (QED) is 0.859. The highest BCUT2D eigenvalue weighted by atomic mass is 16.2. The molecule has 0 unspecified atom stereocenters. The summed E-state index contributed by atoms with van der Waals surface area (Å²) >= 11 is 0. The van der Waals surface area contributed by atoms with Crippen LogP contribution in [0.3, 0.4) is 0 Å². The molecule has 1 aliphatic heterocycles. The van der Waals surface area contributed by atoms with Crippen molar-refractivity contribution in [3.63, 3.8) is 0 Å². The molecular weight excluding hydrogens is 286 g/mol. The summed E-state index contributed by atoms with van der Waals surface area (Å²) in [5.74, 6) is 0.995. The number of benzene rings is 1. The Morgan fingerprint density at radius 2 is 1.74 bits per heavy atom. The summed E-state index contributed by atoms with van der Waals surface area (Å²) in [5.41, 5.74) is 1.94. The Hall–Kier alpha value is -1.86. The third-order valence-electron chi connectivity index (χ3n) is 5.15. The van der Waals surface area contributed by atoms with Gasteiger partial charge in [0.15, 0.2) is 0 Å². The lowest BCUT2D eigenvalue weighted by atomic mass is 10.0. The molecule has 0 aromatic heterocycles. The molecule has 0 atom stereocenters. The van der Waals surface area contributed by atoms with Gasteiger partial charge < -0.3 is 4.90 Å². The van der Waals surface area contributed by atoms with Gasteiger partial charge in [-0.25, -0.2) is 0 Å². The highest BCUT2D eigenvalue weighted by Gasteiger charge is 2.25. The van der Waals surface area contributed by atoms with Crippen LogP contribution in [0.2, 0.25) is 0 Å². The molecule has 0 spiro atoms. The summed E-state index contributed by atoms with van der Waals surface area (Å²) in [4.78, 5) is 16.8. The van der Waals surface area contributed by atoms with E-state index in [1.807, 2.05) is 29.2 Å². The topological polar surface area (TPSA) is 47.3 Å². The van der Waals surface area contributed by atoms with Crippen LogP contribution in [0.4, 0.5) is 0 Å². The van der Waals surface area contributed by atoms with Crippen LogP contribution in [0.25, 0.3) is 0 Å². The molecule has 0 N–H and O–H groups in total. The first-order chi connectivity index (χ1) is 11.2. The first-order valence-corrected chi connectivity index (χ1v) is 8.74. The van der Waals surface area contributed by atoms with Crippen molar-refractivity contribution in [2.24, 2.45) is 5.92 Å². The van der Waals surface area contributed by atoms with E-state index in [-0.39, 0.29) is 0 Å². The number of carbonyl (C=O) groups is 1. The van der Waals surface area contributed by atoms with Crippen molar-refractivity contribution >= 4 is 5.91 Å². The number of hydrogen-bond acceptors (Lipinski definition) is 3. The second kappa shape index (κ2) is 7.61. The Kier molecular flexibility index (Phi) is 5.30. The first-order valence-electron chi connectivity index (χ1n) is 8.74. The molecular formula is C19H25N3O. The predicted octanol–water partition coefficient (Wildman–Crippen LogP) is 2.78. The van der Waals surface area contributed by atoms with Crippen molar-refractivity contribution in [3.8, 4) is 6.07 Å². The van der Waals surface area contributed by atoms with Crippen molar-refractivity contribution in [2.75, 3.05) is 26.2 Å². The van der Waals surface area contributed by atoms with E-state index >= 15 is 0 Å². The largest absolute Gasteiger partial charge is 0.340 e. The molecule has 1 aromatic carbocycles. The molecule has 4 nitrogen and oxygen atoms in total. The molecule has 2 aliphatic rings. The van der Waals surface area contributed by atoms with Crippen LogP contribution in [0.5, 0.6) is 0 Å². The molecule has 1 saturated heterocycles. The summed E-state index contributed by atoms with van der Waals surface area (Å²) in [6.07, 6.45) is 5.84. The maximum atomic E-state index is 12.4. The minimum Gasteiger partial charge on any atom is -0.340 e. The molecule has 3 rings (SSSR count). The van der Waals surface area contributed by atoms with E-state index in [9.17, 15) is 4.79 Å². The molecule has 4 heteroatoms. The van der Waals surface area contributed by atoms with Gasteiger partial charge in [-0.15, -0.1) is 0 Å². The van der Waals surface area contributed by atoms with Crippen molar-refractivity contribution < 1.29 is 4.79 Å². The molecule has 1 amide bonds. The van der Waals surface area contributed by atoms with Crippen LogP contribution in [0.15, 0.2) is 24.3 Å². The van der Waals surface area contributed by atoms with Gasteiger partial charge >= 0.3 is 0 Å². The fourth-order valence-corrected chi connectivity index (χ4v) is 3.69. The summed E-state index contributed by atoms with van der Waals surface area (Å²) in [6.45, 7) is 4.48. The van der Waals surface area contributed by atoms with Gasteiger partial charge in [0.05, 0.1) is 11.6 Å². The summed E-state index contributed by atoms with van der Waals surface area (Å²) in [7, 11) is 0. The van der Waals surface area contributed by atoms with Crippen molar-refractivity contribution in [1.29, 1.82) is 5.26 Å². The number of nitriles is 1. The average molecular weight is 311 g/mol. The van der Waals surface area contributed by atoms with Gasteiger partial charge in [0.1, 0.15) is 0 Å². The SMILES string of the molecule is N#Cc1ccc(CN2CCN(C(=O)CC3CCCC3)CC2)cc1. The standard InChI is InChI=1S/C19H25N3O/c20-14-17-5-7-18(8-6-17)15-21-9-11-22(12-10-21)19(23)13-16-3-1-2-4-16/h5-8,16H,1-4,9-13,15H2. The minimum atomic E-state index is 0.356. The molecule has 2 fully saturated rings. The highest BCUT2D eigenvalue weighted by molar-refractivity contribution is 5.76. The van der Waals surface area contributed by atoms with Gasteiger partial charge in [-0.1, -0.05) is 25.0 Å². The van der Waals surface area contributed by atoms with Gasteiger partial charge in [0, 0.05) is 39.1 Å². The number of hydrogen-bond donors (Lipinski definition) is 0. The van der Waals surface area contributed by atoms with Gasteiger partial charge in [-0.2, -0.15) is 5.26 Å². The molecule has 1 saturated carbocycles. The Morgan fingerprint density at radius 1 is 1.09 bits per heavy atom. The zero-order valence-corrected chi connectivity index (χ0v) is 13.7. The van der Waals surface area contributed by atoms with E-state index < -0.39 is 0 Å². The smallest absolute Gasteiger partial charge is 0.222 e. The zero-order chi connectivity index (χ0) is 16.1. The predicted molar refractivity (Wildman–Crippen MR) is 89.6 cm³/mol. The van der Waals surface area contributed by atoms with Gasteiger partial charge in [0.25, 0.3) is 0 Å². The Labute approximate surface area is 138 Å². The average Bonchev–Trinajstić information content (AvgIpc) is 3.09. The monoisotopic (exact) mass is 311 g/mol. The molecule has 0 bridgehead atoms. The van der Waals surface area contributed by atoms with Crippen LogP contribution in [0.1, 0.15) is 43.2 Å². The molecule has 1 aromatic rings. The van der Waals surface area contributed by atoms with Crippen molar-refractivity contribution in [3.05, 3.63) is 35.4 Å². The van der Waals surface area contributed by atoms with E-state index in [0.717, 1.165) is 39.1 Å². The Balaban J connectivity index is 1.44. The number of piperazine rings is 1. The van der Waals surface area contributed by atoms with E-state index in [0.29, 0.717) is 17.4 Å². The second-order valence-electron chi connectivity index (χ2n) is 6.82. The lowest BCUT2D eigenvalue weighted by molar-refractivity contribution is -0.134. The summed E-state index contributed by atoms with van der Waals surface area (Å²) < 4.78 is 0.